The molecule has 0 saturated carbocycles. The van der Waals surface area contributed by atoms with Crippen molar-refractivity contribution in [2.24, 2.45) is 0 Å². The first-order chi connectivity index (χ1) is 69.7. The predicted molar refractivity (Wildman–Crippen MR) is 569 cm³/mol. The maximum absolute atomic E-state index is 12.9. The SMILES string of the molecule is C1CCOC1.CCOC(=O)c1cnc(SC)nc1Cl.CCOC(=O)c1cnc(SC)nc1NC.CN(C)C/C=C/C(=O)O.CN1C(=O)N(c2ccccc2)Cc2cnc(S(C)(=O)=O)nc21.CNc1nc(SC)ncc1C=O.CNc1nc(SC)ncc1CNc1ccccc1.COc1ccc([N+](=O)[O-])cc1Nc1ncc2c(n1)N(C)C(=O)N(c1ccccc1)C2.CSc1ncc2c(n1)N(C)C(=O)N(c1ccccc1)C2. The number of carboxylic acids is 1. The van der Waals surface area contributed by atoms with Crippen LogP contribution in [-0.2, 0) is 55.0 Å². The zero-order valence-electron chi connectivity index (χ0n) is 82.6. The highest BCUT2D eigenvalue weighted by molar-refractivity contribution is 7.99. The average Bonchev–Trinajstić information content (AvgIpc) is 1.74. The number of carbonyl (C=O) groups is 7. The van der Waals surface area contributed by atoms with Crippen molar-refractivity contribution in [2.75, 3.05) is 190 Å². The monoisotopic (exact) mass is 2110 g/mol. The lowest BCUT2D eigenvalue weighted by Crippen LogP contribution is -2.46. The summed E-state index contributed by atoms with van der Waals surface area (Å²) in [7, 11) is 12.0. The number of urea groups is 3. The number of carbonyl (C=O) groups excluding carboxylic acids is 6. The van der Waals surface area contributed by atoms with E-state index in [2.05, 4.69) is 96.4 Å². The van der Waals surface area contributed by atoms with Crippen LogP contribution in [0.25, 0.3) is 0 Å². The first-order valence-corrected chi connectivity index (χ1v) is 52.4. The van der Waals surface area contributed by atoms with E-state index in [1.165, 1.54) is 132 Å². The predicted octanol–water partition coefficient (Wildman–Crippen LogP) is 16.3. The molecule has 1 saturated heterocycles. The standard InChI is InChI=1S/C20H18N6O4.C14H14N4O3S.C14H14N4OS.C13H16N4S.C9H13N3O2S.C8H9ClN2O2S.C7H9N3OS.C6H11NO2.C4H8O/c1-24-18-13(12-25(20(24)27)14-6-4-3-5-7-14)11-21-19(23-18)22-16-10-15(26(28)29)8-9-17(16)30-2;1-17-12-10(8-15-13(16-12)22(2,20)21)9-18(14(17)19)11-6-4-3-5-7-11;1-17-12-10(8-15-13(16-12)20-2)9-18(14(17)19)11-6-4-3-5-7-11;1-14-12-10(9-16-13(17-12)18-2)8-15-11-6-4-3-5-7-11;1-4-14-8(13)6-5-11-9(15-3)12-7(6)10-2;1-3-13-7(12)5-4-10-8(14-2)11-6(5)9;1-8-6-5(4-11)3-9-7(10-6)12-2;1-7(2)5-3-4-6(8)9;1-2-4-5-3-1/h3-11H,12H2,1-2H3,(H,21,22,23);3-8H,9H2,1-2H3;3-8H,9H2,1-2H3;3-7,9,15H,8H2,1-2H3,(H,14,16,17);5H,4H2,1-3H3,(H,10,11,12);4H,3H2,1-2H3;3-4H,1-2H3,(H,8,9,10);3-4H,5H2,1-2H3,(H,8,9);1-4H2/b;;;;;;;4-3+;. The highest BCUT2D eigenvalue weighted by Crippen LogP contribution is 2.37. The van der Waals surface area contributed by atoms with Crippen molar-refractivity contribution in [2.45, 2.75) is 83.8 Å². The van der Waals surface area contributed by atoms with E-state index in [0.717, 1.165) is 82.2 Å². The van der Waals surface area contributed by atoms with E-state index in [1.807, 2.05) is 185 Å². The number of hydrogen-bond donors (Lipinski definition) is 6. The van der Waals surface area contributed by atoms with Crippen molar-refractivity contribution >= 4 is 198 Å². The minimum absolute atomic E-state index is 0.0746. The highest BCUT2D eigenvalue weighted by atomic mass is 35.5. The van der Waals surface area contributed by atoms with Gasteiger partial charge in [-0.3, -0.25) is 44.3 Å². The van der Waals surface area contributed by atoms with E-state index in [4.69, 9.17) is 35.7 Å². The van der Waals surface area contributed by atoms with Crippen molar-refractivity contribution in [1.82, 2.24) is 74.7 Å². The molecule has 0 aliphatic carbocycles. The summed E-state index contributed by atoms with van der Waals surface area (Å²) in [4.78, 5) is 161. The number of nitro groups is 1. The van der Waals surface area contributed by atoms with E-state index in [0.29, 0.717) is 124 Å². The van der Waals surface area contributed by atoms with Gasteiger partial charge in [0, 0.05) is 181 Å². The molecule has 7 aromatic heterocycles. The van der Waals surface area contributed by atoms with Crippen LogP contribution in [0.15, 0.2) is 226 Å². The number of benzene rings is 5. The van der Waals surface area contributed by atoms with E-state index < -0.39 is 32.7 Å². The Hall–Kier alpha value is -14.6. The van der Waals surface area contributed by atoms with Gasteiger partial charge in [0.1, 0.15) is 56.9 Å². The quantitative estimate of drug-likeness (QED) is 0.00407. The van der Waals surface area contributed by atoms with Gasteiger partial charge in [-0.1, -0.05) is 149 Å². The number of aliphatic carboxylic acids is 1. The minimum Gasteiger partial charge on any atom is -0.495 e. The van der Waals surface area contributed by atoms with E-state index >= 15 is 0 Å². The molecular formula is C95H112ClN27O16S6. The molecule has 1 fully saturated rings. The number of para-hydroxylation sites is 4. The first-order valence-electron chi connectivity index (χ1n) is 44.0. The molecule has 0 atom stereocenters. The maximum atomic E-state index is 12.9. The number of fused-ring (bicyclic) bond motifs is 3. The van der Waals surface area contributed by atoms with Gasteiger partial charge in [0.25, 0.3) is 5.69 Å². The molecule has 11 heterocycles. The third-order valence-electron chi connectivity index (χ3n) is 19.8. The number of anilines is 12. The second-order valence-electron chi connectivity index (χ2n) is 30.0. The fraction of sp³-hybridized carbons (Fsp3) is 0.295. The molecule has 50 heteroatoms. The molecule has 4 aliphatic heterocycles. The summed E-state index contributed by atoms with van der Waals surface area (Å²) in [5, 5.41) is 37.4. The number of nitro benzene ring substituents is 1. The van der Waals surface area contributed by atoms with Crippen LogP contribution in [0.4, 0.5) is 89.4 Å². The zero-order chi connectivity index (χ0) is 106. The smallest absolute Gasteiger partial charge is 0.343 e. The van der Waals surface area contributed by atoms with Crippen LogP contribution in [-0.4, -0.2) is 269 Å². The van der Waals surface area contributed by atoms with Crippen LogP contribution in [0.5, 0.6) is 5.75 Å². The number of hydrogen-bond acceptors (Lipinski definition) is 40. The molecule has 16 rings (SSSR count). The fourth-order valence-corrected chi connectivity index (χ4v) is 15.2. The molecule has 766 valence electrons. The number of aldehydes is 1. The number of non-ortho nitro benzene ring substituents is 1. The number of methoxy groups -OCH3 is 1. The molecule has 0 radical (unpaired) electrons. The summed E-state index contributed by atoms with van der Waals surface area (Å²) in [6, 6.07) is 41.9. The van der Waals surface area contributed by atoms with Gasteiger partial charge >= 0.3 is 36.0 Å². The second-order valence-corrected chi connectivity index (χ2v) is 36.1. The zero-order valence-corrected chi connectivity index (χ0v) is 88.2. The number of amides is 6. The highest BCUT2D eigenvalue weighted by Gasteiger charge is 2.35. The van der Waals surface area contributed by atoms with Gasteiger partial charge in [-0.2, -0.15) is 4.98 Å². The van der Waals surface area contributed by atoms with Gasteiger partial charge < -0.3 is 55.5 Å². The van der Waals surface area contributed by atoms with Crippen molar-refractivity contribution in [3.8, 4) is 5.75 Å². The van der Waals surface area contributed by atoms with Gasteiger partial charge in [0.15, 0.2) is 32.1 Å². The number of rotatable bonds is 27. The average molecular weight is 2120 g/mol. The Kier molecular flexibility index (Phi) is 47.4. The minimum atomic E-state index is -3.52. The number of nitrogens with zero attached hydrogens (tertiary/aromatic N) is 22. The van der Waals surface area contributed by atoms with Crippen molar-refractivity contribution < 1.29 is 71.0 Å². The van der Waals surface area contributed by atoms with Gasteiger partial charge in [0.2, 0.25) is 20.9 Å². The molecule has 43 nitrogen and oxygen atoms in total. The summed E-state index contributed by atoms with van der Waals surface area (Å²) in [6.07, 6.45) is 27.6. The summed E-state index contributed by atoms with van der Waals surface area (Å²) >= 11 is 13.0. The van der Waals surface area contributed by atoms with Crippen molar-refractivity contribution in [1.29, 1.82) is 0 Å². The second kappa shape index (κ2) is 59.5. The molecule has 0 unspecified atom stereocenters. The maximum Gasteiger partial charge on any atom is 0.343 e. The summed E-state index contributed by atoms with van der Waals surface area (Å²) in [6.45, 7) is 8.64. The van der Waals surface area contributed by atoms with Crippen LogP contribution in [0, 0.1) is 10.1 Å². The van der Waals surface area contributed by atoms with Crippen LogP contribution in [0.1, 0.15) is 80.0 Å². The summed E-state index contributed by atoms with van der Waals surface area (Å²) in [5.74, 6) is 2.23. The molecular weight excluding hydrogens is 2000 g/mol. The number of aromatic nitrogens is 14. The van der Waals surface area contributed by atoms with Crippen LogP contribution >= 0.6 is 70.4 Å². The Morgan fingerprint density at radius 3 is 1.41 bits per heavy atom. The third kappa shape index (κ3) is 34.9. The number of esters is 2. The van der Waals surface area contributed by atoms with Crippen LogP contribution in [0.2, 0.25) is 5.15 Å². The number of carboxylic acid groups (broad SMARTS) is 1. The Bertz CT molecular complexity index is 6470. The molecule has 4 aliphatic rings. The number of ether oxygens (including phenoxy) is 4. The number of sulfone groups is 1. The lowest BCUT2D eigenvalue weighted by molar-refractivity contribution is -0.384. The van der Waals surface area contributed by atoms with E-state index in [1.54, 1.807) is 87.2 Å². The van der Waals surface area contributed by atoms with Crippen molar-refractivity contribution in [3.63, 3.8) is 0 Å². The topological polar surface area (TPSA) is 517 Å². The van der Waals surface area contributed by atoms with Gasteiger partial charge in [0.05, 0.1) is 56.1 Å². The van der Waals surface area contributed by atoms with Crippen LogP contribution in [0.3, 0.4) is 0 Å². The van der Waals surface area contributed by atoms with Crippen LogP contribution < -0.4 is 60.7 Å². The Labute approximate surface area is 866 Å². The molecule has 5 aromatic carbocycles. The van der Waals surface area contributed by atoms with E-state index in [-0.39, 0.29) is 45.6 Å². The lowest BCUT2D eigenvalue weighted by atomic mass is 10.2. The van der Waals surface area contributed by atoms with Gasteiger partial charge in [-0.25, -0.2) is 102 Å². The number of nitrogens with one attached hydrogen (secondary N) is 5. The normalized spacial score (nSPS) is 12.5. The van der Waals surface area contributed by atoms with E-state index in [9.17, 15) is 52.1 Å². The molecule has 0 spiro atoms. The fourth-order valence-electron chi connectivity index (χ4n) is 12.7. The lowest BCUT2D eigenvalue weighted by Gasteiger charge is -2.34. The molecule has 6 N–H and O–H groups in total. The summed E-state index contributed by atoms with van der Waals surface area (Å²) in [5.41, 5.74) is 8.28. The number of thioether (sulfide) groups is 5. The first kappa shape index (κ1) is 116. The Morgan fingerprint density at radius 1 is 0.552 bits per heavy atom. The van der Waals surface area contributed by atoms with Crippen molar-refractivity contribution in [3.05, 3.63) is 249 Å². The summed E-state index contributed by atoms with van der Waals surface area (Å²) < 4.78 is 43.0. The Balaban J connectivity index is 0.000000205. The van der Waals surface area contributed by atoms with Gasteiger partial charge in [-0.05, 0) is 127 Å². The third-order valence-corrected chi connectivity index (χ3v) is 23.8. The molecule has 12 aromatic rings. The Morgan fingerprint density at radius 2 is 0.972 bits per heavy atom. The largest absolute Gasteiger partial charge is 0.495 e. The molecule has 145 heavy (non-hydrogen) atoms. The number of likely N-dealkylation sites (N-methyl/N-ethyl adjacent to an activating group) is 1. The number of halogens is 1. The van der Waals surface area contributed by atoms with Gasteiger partial charge in [-0.15, -0.1) is 0 Å². The molecule has 0 bridgehead atoms. The molecule has 6 amide bonds.